The molecule has 0 bridgehead atoms. The highest BCUT2D eigenvalue weighted by Crippen LogP contribution is 2.26. The minimum Gasteiger partial charge on any atom is -0.454 e. The number of esters is 1. The van der Waals surface area contributed by atoms with E-state index in [-0.39, 0.29) is 13.0 Å². The molecule has 0 saturated carbocycles. The highest BCUT2D eigenvalue weighted by atomic mass is 16.7. The van der Waals surface area contributed by atoms with Gasteiger partial charge in [0.25, 0.3) is 0 Å². The van der Waals surface area contributed by atoms with E-state index in [2.05, 4.69) is 38.2 Å². The fourth-order valence-corrected chi connectivity index (χ4v) is 10.2. The van der Waals surface area contributed by atoms with Gasteiger partial charge in [-0.15, -0.1) is 0 Å². The second kappa shape index (κ2) is 53.5. The predicted molar refractivity (Wildman–Crippen MR) is 315 cm³/mol. The van der Waals surface area contributed by atoms with Crippen LogP contribution in [0.25, 0.3) is 0 Å². The van der Waals surface area contributed by atoms with Crippen LogP contribution in [0.5, 0.6) is 0 Å². The van der Waals surface area contributed by atoms with Crippen molar-refractivity contribution < 1.29 is 49.3 Å². The van der Waals surface area contributed by atoms with Gasteiger partial charge in [0, 0.05) is 6.42 Å². The lowest BCUT2D eigenvalue weighted by Crippen LogP contribution is -2.61. The van der Waals surface area contributed by atoms with Crippen molar-refractivity contribution in [2.24, 2.45) is 0 Å². The largest absolute Gasteiger partial charge is 0.454 e. The van der Waals surface area contributed by atoms with E-state index >= 15 is 0 Å². The van der Waals surface area contributed by atoms with E-state index in [1.807, 2.05) is 18.2 Å². The molecule has 6 N–H and O–H groups in total. The third kappa shape index (κ3) is 41.0. The number of hydrogen-bond donors (Lipinski definition) is 6. The Bertz CT molecular complexity index is 1380. The van der Waals surface area contributed by atoms with Crippen LogP contribution in [0, 0.1) is 0 Å². The zero-order chi connectivity index (χ0) is 55.4. The number of amides is 1. The molecule has 11 nitrogen and oxygen atoms in total. The summed E-state index contributed by atoms with van der Waals surface area (Å²) in [5.74, 6) is -1.26. The van der Waals surface area contributed by atoms with Gasteiger partial charge in [-0.05, 0) is 44.9 Å². The van der Waals surface area contributed by atoms with Gasteiger partial charge in [-0.3, -0.25) is 9.59 Å². The van der Waals surface area contributed by atoms with E-state index in [0.717, 1.165) is 51.4 Å². The van der Waals surface area contributed by atoms with Gasteiger partial charge < -0.3 is 45.1 Å². The van der Waals surface area contributed by atoms with Crippen molar-refractivity contribution in [1.29, 1.82) is 0 Å². The van der Waals surface area contributed by atoms with Crippen molar-refractivity contribution in [3.8, 4) is 0 Å². The molecule has 0 aromatic heterocycles. The summed E-state index contributed by atoms with van der Waals surface area (Å²) < 4.78 is 17.5. The first kappa shape index (κ1) is 71.9. The highest BCUT2D eigenvalue weighted by molar-refractivity contribution is 5.80. The van der Waals surface area contributed by atoms with Crippen LogP contribution in [0.3, 0.4) is 0 Å². The number of rotatable bonds is 55. The predicted octanol–water partition coefficient (Wildman–Crippen LogP) is 15.5. The van der Waals surface area contributed by atoms with Gasteiger partial charge in [0.1, 0.15) is 24.4 Å². The molecule has 0 aromatic carbocycles. The van der Waals surface area contributed by atoms with Crippen LogP contribution in [-0.4, -0.2) is 99.6 Å². The van der Waals surface area contributed by atoms with Gasteiger partial charge in [-0.1, -0.05) is 288 Å². The molecular formula is C65H121NO10. The molecular weight excluding hydrogens is 955 g/mol. The molecule has 0 radical (unpaired) electrons. The Morgan fingerprint density at radius 3 is 1.34 bits per heavy atom. The van der Waals surface area contributed by atoms with Gasteiger partial charge in [-0.2, -0.15) is 0 Å². The molecule has 0 spiro atoms. The molecule has 76 heavy (non-hydrogen) atoms. The number of aliphatic hydroxyl groups excluding tert-OH is 5. The number of unbranched alkanes of at least 4 members (excludes halogenated alkanes) is 37. The van der Waals surface area contributed by atoms with Crippen molar-refractivity contribution in [2.75, 3.05) is 13.2 Å². The van der Waals surface area contributed by atoms with E-state index in [9.17, 15) is 35.1 Å². The first-order chi connectivity index (χ1) is 37.2. The van der Waals surface area contributed by atoms with Crippen LogP contribution in [0.1, 0.15) is 303 Å². The maximum absolute atomic E-state index is 13.4. The molecule has 1 saturated heterocycles. The van der Waals surface area contributed by atoms with Gasteiger partial charge in [0.05, 0.1) is 25.4 Å². The fourth-order valence-electron chi connectivity index (χ4n) is 10.2. The lowest BCUT2D eigenvalue weighted by Gasteiger charge is -2.41. The normalized spacial score (nSPS) is 19.3. The summed E-state index contributed by atoms with van der Waals surface area (Å²) in [6, 6.07) is -1.03. The quantitative estimate of drug-likeness (QED) is 0.0195. The Morgan fingerprint density at radius 1 is 0.513 bits per heavy atom. The van der Waals surface area contributed by atoms with E-state index in [0.29, 0.717) is 19.3 Å². The van der Waals surface area contributed by atoms with Gasteiger partial charge >= 0.3 is 5.97 Å². The van der Waals surface area contributed by atoms with Crippen molar-refractivity contribution in [3.63, 3.8) is 0 Å². The molecule has 1 fully saturated rings. The maximum Gasteiger partial charge on any atom is 0.306 e. The lowest BCUT2D eigenvalue weighted by atomic mass is 9.99. The fraction of sp³-hybridized carbons (Fsp3) is 0.877. The molecule has 1 heterocycles. The van der Waals surface area contributed by atoms with Crippen LogP contribution >= 0.6 is 0 Å². The SMILES string of the molecule is CCCCCCCC/C=C\C/C=C/CCC(=O)OC1C(OCC(NC(=O)C(O)CCCCCCCCCCCCCCCCCCCCCCCC)C(O)/C=C/CCCCCCCCCCCC)OC(CO)C(O)C1O. The van der Waals surface area contributed by atoms with E-state index in [4.69, 9.17) is 14.2 Å². The zero-order valence-corrected chi connectivity index (χ0v) is 49.4. The summed E-state index contributed by atoms with van der Waals surface area (Å²) in [5, 5.41) is 56.9. The van der Waals surface area contributed by atoms with Crippen LogP contribution < -0.4 is 5.32 Å². The lowest BCUT2D eigenvalue weighted by molar-refractivity contribution is -0.305. The third-order valence-electron chi connectivity index (χ3n) is 15.3. The topological polar surface area (TPSA) is 175 Å². The standard InChI is InChI=1S/C65H121NO10/c1-4-7-10-13-16-19-22-25-26-27-28-29-30-31-32-33-35-37-40-43-46-49-52-58(69)64(73)66-56(57(68)51-48-45-42-39-36-24-21-18-15-12-9-6-3)55-74-65-63(62(72)61(71)59(54-67)75-65)76-60(70)53-50-47-44-41-38-34-23-20-17-14-11-8-5-2/h34,38,44,47-48,51,56-59,61-63,65,67-69,71-72H,4-33,35-37,39-43,45-46,49-50,52-55H2,1-3H3,(H,66,73)/b38-34-,47-44+,51-48+. The molecule has 8 unspecified atom stereocenters. The summed E-state index contributed by atoms with van der Waals surface area (Å²) in [7, 11) is 0. The number of aliphatic hydroxyl groups is 5. The molecule has 1 aliphatic heterocycles. The molecule has 0 aliphatic carbocycles. The van der Waals surface area contributed by atoms with Gasteiger partial charge in [-0.25, -0.2) is 0 Å². The van der Waals surface area contributed by atoms with E-state index in [1.54, 1.807) is 6.08 Å². The second-order valence-corrected chi connectivity index (χ2v) is 22.5. The summed E-state index contributed by atoms with van der Waals surface area (Å²) in [6.45, 7) is 5.77. The maximum atomic E-state index is 13.4. The molecule has 0 aromatic rings. The number of ether oxygens (including phenoxy) is 3. The molecule has 446 valence electrons. The highest BCUT2D eigenvalue weighted by Gasteiger charge is 2.47. The molecule has 1 amide bonds. The number of nitrogens with one attached hydrogen (secondary N) is 1. The van der Waals surface area contributed by atoms with Gasteiger partial charge in [0.2, 0.25) is 5.91 Å². The minimum atomic E-state index is -1.63. The smallest absolute Gasteiger partial charge is 0.306 e. The summed E-state index contributed by atoms with van der Waals surface area (Å²) in [6.07, 6.45) is 53.5. The minimum absolute atomic E-state index is 0.0200. The molecule has 1 rings (SSSR count). The van der Waals surface area contributed by atoms with Crippen molar-refractivity contribution in [2.45, 2.75) is 352 Å². The summed E-state index contributed by atoms with van der Waals surface area (Å²) in [5.41, 5.74) is 0. The van der Waals surface area contributed by atoms with Crippen LogP contribution in [0.2, 0.25) is 0 Å². The first-order valence-corrected chi connectivity index (χ1v) is 32.3. The van der Waals surface area contributed by atoms with Crippen LogP contribution in [-0.2, 0) is 23.8 Å². The van der Waals surface area contributed by atoms with E-state index < -0.39 is 67.4 Å². The Labute approximate surface area is 466 Å². The van der Waals surface area contributed by atoms with Crippen molar-refractivity contribution in [1.82, 2.24) is 5.32 Å². The van der Waals surface area contributed by atoms with Crippen LogP contribution in [0.4, 0.5) is 0 Å². The number of hydrogen-bond acceptors (Lipinski definition) is 10. The molecule has 1 aliphatic rings. The van der Waals surface area contributed by atoms with Gasteiger partial charge in [0.15, 0.2) is 12.4 Å². The Morgan fingerprint density at radius 2 is 0.908 bits per heavy atom. The summed E-state index contributed by atoms with van der Waals surface area (Å²) >= 11 is 0. The number of allylic oxidation sites excluding steroid dienone is 5. The average Bonchev–Trinajstić information content (AvgIpc) is 3.42. The molecule has 11 heteroatoms. The molecule has 8 atom stereocenters. The first-order valence-electron chi connectivity index (χ1n) is 32.3. The number of carbonyl (C=O) groups excluding carboxylic acids is 2. The van der Waals surface area contributed by atoms with E-state index in [1.165, 1.54) is 205 Å². The summed E-state index contributed by atoms with van der Waals surface area (Å²) in [4.78, 5) is 26.5. The third-order valence-corrected chi connectivity index (χ3v) is 15.3. The Balaban J connectivity index is 2.63. The van der Waals surface area contributed by atoms with Crippen molar-refractivity contribution in [3.05, 3.63) is 36.5 Å². The second-order valence-electron chi connectivity index (χ2n) is 22.5. The van der Waals surface area contributed by atoms with Crippen molar-refractivity contribution >= 4 is 11.9 Å². The monoisotopic (exact) mass is 1080 g/mol. The zero-order valence-electron chi connectivity index (χ0n) is 49.4. The average molecular weight is 1080 g/mol. The number of carbonyl (C=O) groups is 2. The Hall–Kier alpha value is -2.12. The Kier molecular flexibility index (Phi) is 50.6. The van der Waals surface area contributed by atoms with Crippen LogP contribution in [0.15, 0.2) is 36.5 Å².